The van der Waals surface area contributed by atoms with Crippen molar-refractivity contribution in [3.8, 4) is 0 Å². The van der Waals surface area contributed by atoms with Gasteiger partial charge in [-0.1, -0.05) is 19.8 Å². The molecule has 0 aromatic rings. The van der Waals surface area contributed by atoms with Crippen LogP contribution in [0.3, 0.4) is 0 Å². The Morgan fingerprint density at radius 2 is 2.38 bits per heavy atom. The minimum atomic E-state index is -0.185. The Labute approximate surface area is 80.1 Å². The average molecular weight is 185 g/mol. The number of hydrogen-bond acceptors (Lipinski definition) is 3. The average Bonchev–Trinajstić information content (AvgIpc) is 2.19. The summed E-state index contributed by atoms with van der Waals surface area (Å²) < 4.78 is 5.25. The number of aldehydes is 1. The van der Waals surface area contributed by atoms with Gasteiger partial charge in [-0.15, -0.1) is 0 Å². The van der Waals surface area contributed by atoms with E-state index in [2.05, 4.69) is 11.8 Å². The van der Waals surface area contributed by atoms with Crippen molar-refractivity contribution < 1.29 is 9.53 Å². The molecule has 1 aliphatic rings. The van der Waals surface area contributed by atoms with E-state index >= 15 is 0 Å². The quantitative estimate of drug-likeness (QED) is 0.474. The first-order valence-corrected chi connectivity index (χ1v) is 5.16. The molecule has 1 fully saturated rings. The van der Waals surface area contributed by atoms with E-state index in [0.717, 1.165) is 25.9 Å². The highest BCUT2D eigenvalue weighted by Crippen LogP contribution is 2.05. The number of unbranched alkanes of at least 4 members (excludes halogenated alkanes) is 2. The van der Waals surface area contributed by atoms with E-state index in [9.17, 15) is 4.79 Å². The zero-order chi connectivity index (χ0) is 9.52. The Kier molecular flexibility index (Phi) is 5.01. The van der Waals surface area contributed by atoms with Gasteiger partial charge < -0.3 is 9.53 Å². The van der Waals surface area contributed by atoms with Gasteiger partial charge in [-0.2, -0.15) is 0 Å². The fourth-order valence-electron chi connectivity index (χ4n) is 1.60. The lowest BCUT2D eigenvalue weighted by Gasteiger charge is -2.30. The molecule has 13 heavy (non-hydrogen) atoms. The van der Waals surface area contributed by atoms with E-state index in [1.165, 1.54) is 19.3 Å². The predicted octanol–water partition coefficient (Wildman–Crippen LogP) is 1.08. The lowest BCUT2D eigenvalue weighted by Crippen LogP contribution is -2.43. The molecule has 0 aliphatic carbocycles. The number of nitrogens with zero attached hydrogens (tertiary/aromatic N) is 1. The molecule has 0 saturated carbocycles. The molecule has 0 N–H and O–H groups in total. The van der Waals surface area contributed by atoms with Crippen molar-refractivity contribution in [3.05, 3.63) is 0 Å². The largest absolute Gasteiger partial charge is 0.368 e. The van der Waals surface area contributed by atoms with Gasteiger partial charge in [0.15, 0.2) is 0 Å². The molecule has 3 heteroatoms. The highest BCUT2D eigenvalue weighted by molar-refractivity contribution is 5.56. The van der Waals surface area contributed by atoms with Crippen molar-refractivity contribution in [1.29, 1.82) is 0 Å². The van der Waals surface area contributed by atoms with Crippen molar-refractivity contribution in [1.82, 2.24) is 4.90 Å². The van der Waals surface area contributed by atoms with Crippen LogP contribution in [-0.2, 0) is 9.53 Å². The second-order valence-electron chi connectivity index (χ2n) is 3.55. The van der Waals surface area contributed by atoms with Crippen LogP contribution in [-0.4, -0.2) is 43.5 Å². The Bertz CT molecular complexity index is 150. The minimum absolute atomic E-state index is 0.185. The first-order valence-electron chi connectivity index (χ1n) is 5.16. The molecule has 0 aromatic heterocycles. The molecule has 0 spiro atoms. The number of carbonyl (C=O) groups excluding carboxylic acids is 1. The summed E-state index contributed by atoms with van der Waals surface area (Å²) in [5.41, 5.74) is 0. The Morgan fingerprint density at radius 3 is 3.08 bits per heavy atom. The smallest absolute Gasteiger partial charge is 0.150 e. The zero-order valence-corrected chi connectivity index (χ0v) is 8.37. The summed E-state index contributed by atoms with van der Waals surface area (Å²) in [6.07, 6.45) is 4.49. The molecule has 3 nitrogen and oxygen atoms in total. The minimum Gasteiger partial charge on any atom is -0.368 e. The number of morpholine rings is 1. The number of ether oxygens (including phenoxy) is 1. The molecule has 0 aromatic carbocycles. The van der Waals surface area contributed by atoms with E-state index in [1.807, 2.05) is 0 Å². The first-order chi connectivity index (χ1) is 6.36. The first kappa shape index (κ1) is 10.7. The van der Waals surface area contributed by atoms with Crippen molar-refractivity contribution >= 4 is 6.29 Å². The van der Waals surface area contributed by atoms with Gasteiger partial charge in [0.25, 0.3) is 0 Å². The van der Waals surface area contributed by atoms with Crippen molar-refractivity contribution in [2.24, 2.45) is 0 Å². The molecule has 1 heterocycles. The Balaban J connectivity index is 2.14. The number of rotatable bonds is 5. The van der Waals surface area contributed by atoms with Gasteiger partial charge in [0.05, 0.1) is 6.61 Å². The second-order valence-corrected chi connectivity index (χ2v) is 3.55. The predicted molar refractivity (Wildman–Crippen MR) is 51.8 cm³/mol. The molecule has 0 bridgehead atoms. The van der Waals surface area contributed by atoms with Crippen LogP contribution in [0.25, 0.3) is 0 Å². The summed E-state index contributed by atoms with van der Waals surface area (Å²) in [5.74, 6) is 0. The molecule has 1 saturated heterocycles. The van der Waals surface area contributed by atoms with E-state index < -0.39 is 0 Å². The van der Waals surface area contributed by atoms with Gasteiger partial charge >= 0.3 is 0 Å². The molecule has 0 radical (unpaired) electrons. The van der Waals surface area contributed by atoms with Crippen LogP contribution < -0.4 is 0 Å². The third-order valence-electron chi connectivity index (χ3n) is 2.41. The van der Waals surface area contributed by atoms with Crippen LogP contribution in [0.1, 0.15) is 26.2 Å². The molecule has 1 rings (SSSR count). The van der Waals surface area contributed by atoms with Crippen LogP contribution in [0.4, 0.5) is 0 Å². The molecular weight excluding hydrogens is 166 g/mol. The Morgan fingerprint density at radius 1 is 1.54 bits per heavy atom. The van der Waals surface area contributed by atoms with Crippen LogP contribution in [0, 0.1) is 0 Å². The Hall–Kier alpha value is -0.410. The number of carbonyl (C=O) groups is 1. The maximum Gasteiger partial charge on any atom is 0.150 e. The van der Waals surface area contributed by atoms with Crippen LogP contribution in [0.2, 0.25) is 0 Å². The van der Waals surface area contributed by atoms with Crippen molar-refractivity contribution in [2.45, 2.75) is 32.3 Å². The summed E-state index contributed by atoms with van der Waals surface area (Å²) in [6, 6.07) is 0. The summed E-state index contributed by atoms with van der Waals surface area (Å²) in [5, 5.41) is 0. The zero-order valence-electron chi connectivity index (χ0n) is 8.37. The maximum absolute atomic E-state index is 10.5. The van der Waals surface area contributed by atoms with Crippen LogP contribution >= 0.6 is 0 Å². The van der Waals surface area contributed by atoms with E-state index in [1.54, 1.807) is 0 Å². The monoisotopic (exact) mass is 185 g/mol. The number of hydrogen-bond donors (Lipinski definition) is 0. The van der Waals surface area contributed by atoms with Crippen molar-refractivity contribution in [2.75, 3.05) is 26.2 Å². The van der Waals surface area contributed by atoms with E-state index in [4.69, 9.17) is 4.74 Å². The lowest BCUT2D eigenvalue weighted by atomic mass is 10.2. The molecule has 76 valence electrons. The molecule has 1 aliphatic heterocycles. The third-order valence-corrected chi connectivity index (χ3v) is 2.41. The van der Waals surface area contributed by atoms with E-state index in [0.29, 0.717) is 6.61 Å². The van der Waals surface area contributed by atoms with Gasteiger partial charge in [-0.25, -0.2) is 0 Å². The van der Waals surface area contributed by atoms with Gasteiger partial charge in [0.2, 0.25) is 0 Å². The molecule has 1 unspecified atom stereocenters. The van der Waals surface area contributed by atoms with Gasteiger partial charge in [-0.3, -0.25) is 4.90 Å². The summed E-state index contributed by atoms with van der Waals surface area (Å²) in [4.78, 5) is 12.8. The van der Waals surface area contributed by atoms with E-state index in [-0.39, 0.29) is 6.10 Å². The van der Waals surface area contributed by atoms with Gasteiger partial charge in [-0.05, 0) is 13.0 Å². The molecule has 1 atom stereocenters. The summed E-state index contributed by atoms with van der Waals surface area (Å²) in [6.45, 7) is 5.78. The summed E-state index contributed by atoms with van der Waals surface area (Å²) in [7, 11) is 0. The standard InChI is InChI=1S/C10H19NO2/c1-2-3-4-5-11-6-7-13-10(8-11)9-12/h9-10H,2-8H2,1H3. The highest BCUT2D eigenvalue weighted by atomic mass is 16.5. The third kappa shape index (κ3) is 3.87. The van der Waals surface area contributed by atoms with Crippen molar-refractivity contribution in [3.63, 3.8) is 0 Å². The second kappa shape index (κ2) is 6.11. The normalized spacial score (nSPS) is 24.5. The highest BCUT2D eigenvalue weighted by Gasteiger charge is 2.18. The summed E-state index contributed by atoms with van der Waals surface area (Å²) >= 11 is 0. The van der Waals surface area contributed by atoms with Crippen LogP contribution in [0.15, 0.2) is 0 Å². The maximum atomic E-state index is 10.5. The molecular formula is C10H19NO2. The SMILES string of the molecule is CCCCCN1CCOC(C=O)C1. The van der Waals surface area contributed by atoms with Gasteiger partial charge in [0.1, 0.15) is 12.4 Å². The molecule has 0 amide bonds. The fourth-order valence-corrected chi connectivity index (χ4v) is 1.60. The lowest BCUT2D eigenvalue weighted by molar-refractivity contribution is -0.123. The van der Waals surface area contributed by atoms with Gasteiger partial charge in [0, 0.05) is 13.1 Å². The fraction of sp³-hybridized carbons (Fsp3) is 0.900. The van der Waals surface area contributed by atoms with Crippen LogP contribution in [0.5, 0.6) is 0 Å². The topological polar surface area (TPSA) is 29.5 Å².